The van der Waals surface area contributed by atoms with E-state index in [-0.39, 0.29) is 6.04 Å². The highest BCUT2D eigenvalue weighted by atomic mass is 32.2. The lowest BCUT2D eigenvalue weighted by Gasteiger charge is -2.19. The SMILES string of the molecule is Cc1ccc(C(N)C(C)Sc2ccccn2)cc1. The zero-order chi connectivity index (χ0) is 13.0. The second-order valence-corrected chi connectivity index (χ2v) is 5.82. The van der Waals surface area contributed by atoms with Crippen LogP contribution in [0, 0.1) is 6.92 Å². The molecule has 2 aromatic rings. The van der Waals surface area contributed by atoms with Gasteiger partial charge in [0.2, 0.25) is 0 Å². The zero-order valence-corrected chi connectivity index (χ0v) is 11.5. The third-order valence-electron chi connectivity index (χ3n) is 2.91. The van der Waals surface area contributed by atoms with Gasteiger partial charge in [-0.2, -0.15) is 0 Å². The average molecular weight is 258 g/mol. The molecule has 0 aliphatic heterocycles. The lowest BCUT2D eigenvalue weighted by molar-refractivity contribution is 0.714. The number of thioether (sulfide) groups is 1. The quantitative estimate of drug-likeness (QED) is 0.852. The molecule has 0 fully saturated rings. The Morgan fingerprint density at radius 1 is 1.11 bits per heavy atom. The molecular weight excluding hydrogens is 240 g/mol. The molecule has 0 aliphatic carbocycles. The van der Waals surface area contributed by atoms with Crippen LogP contribution in [-0.2, 0) is 0 Å². The van der Waals surface area contributed by atoms with Crippen molar-refractivity contribution in [2.75, 3.05) is 0 Å². The number of nitrogens with zero attached hydrogens (tertiary/aromatic N) is 1. The van der Waals surface area contributed by atoms with Crippen LogP contribution >= 0.6 is 11.8 Å². The number of nitrogens with two attached hydrogens (primary N) is 1. The minimum absolute atomic E-state index is 0.0256. The van der Waals surface area contributed by atoms with Crippen LogP contribution < -0.4 is 5.73 Å². The Morgan fingerprint density at radius 2 is 1.83 bits per heavy atom. The van der Waals surface area contributed by atoms with Gasteiger partial charge in [-0.1, -0.05) is 42.8 Å². The Hall–Kier alpha value is -1.32. The molecule has 2 rings (SSSR count). The molecule has 0 amide bonds. The van der Waals surface area contributed by atoms with Crippen LogP contribution in [0.25, 0.3) is 0 Å². The standard InChI is InChI=1S/C15H18N2S/c1-11-6-8-13(9-7-11)15(16)12(2)18-14-5-3-4-10-17-14/h3-10,12,15H,16H2,1-2H3. The summed E-state index contributed by atoms with van der Waals surface area (Å²) in [6, 6.07) is 14.4. The molecule has 0 radical (unpaired) electrons. The second-order valence-electron chi connectivity index (χ2n) is 4.43. The Balaban J connectivity index is 2.05. The summed E-state index contributed by atoms with van der Waals surface area (Å²) in [5, 5.41) is 1.31. The lowest BCUT2D eigenvalue weighted by atomic mass is 10.0. The predicted molar refractivity (Wildman–Crippen MR) is 77.7 cm³/mol. The van der Waals surface area contributed by atoms with Gasteiger partial charge in [0.1, 0.15) is 0 Å². The summed E-state index contributed by atoms with van der Waals surface area (Å²) in [4.78, 5) is 4.32. The summed E-state index contributed by atoms with van der Waals surface area (Å²) in [5.74, 6) is 0. The van der Waals surface area contributed by atoms with Gasteiger partial charge in [0, 0.05) is 17.5 Å². The minimum Gasteiger partial charge on any atom is -0.323 e. The molecule has 18 heavy (non-hydrogen) atoms. The van der Waals surface area contributed by atoms with Gasteiger partial charge in [-0.3, -0.25) is 0 Å². The maximum Gasteiger partial charge on any atom is 0.0963 e. The van der Waals surface area contributed by atoms with Gasteiger partial charge in [-0.15, -0.1) is 11.8 Å². The van der Waals surface area contributed by atoms with Crippen LogP contribution in [-0.4, -0.2) is 10.2 Å². The Bertz CT molecular complexity index is 482. The van der Waals surface area contributed by atoms with Crippen LogP contribution in [0.1, 0.15) is 24.1 Å². The maximum atomic E-state index is 6.29. The van der Waals surface area contributed by atoms with Gasteiger partial charge in [0.15, 0.2) is 0 Å². The first-order valence-electron chi connectivity index (χ1n) is 6.06. The second kappa shape index (κ2) is 6.03. The van der Waals surface area contributed by atoms with Crippen molar-refractivity contribution in [1.29, 1.82) is 0 Å². The van der Waals surface area contributed by atoms with E-state index in [1.54, 1.807) is 11.8 Å². The van der Waals surface area contributed by atoms with Crippen LogP contribution in [0.15, 0.2) is 53.7 Å². The minimum atomic E-state index is 0.0256. The molecule has 0 saturated heterocycles. The van der Waals surface area contributed by atoms with E-state index < -0.39 is 0 Å². The van der Waals surface area contributed by atoms with Crippen molar-refractivity contribution in [2.45, 2.75) is 30.2 Å². The first-order chi connectivity index (χ1) is 8.66. The van der Waals surface area contributed by atoms with E-state index in [4.69, 9.17) is 5.73 Å². The summed E-state index contributed by atoms with van der Waals surface area (Å²) in [6.45, 7) is 4.23. The summed E-state index contributed by atoms with van der Waals surface area (Å²) >= 11 is 1.71. The van der Waals surface area contributed by atoms with Gasteiger partial charge in [-0.05, 0) is 24.6 Å². The third kappa shape index (κ3) is 3.34. The Morgan fingerprint density at radius 3 is 2.44 bits per heavy atom. The number of aromatic nitrogens is 1. The molecule has 1 heterocycles. The molecule has 3 heteroatoms. The number of rotatable bonds is 4. The number of aryl methyl sites for hydroxylation is 1. The van der Waals surface area contributed by atoms with Gasteiger partial charge in [-0.25, -0.2) is 4.98 Å². The fourth-order valence-electron chi connectivity index (χ4n) is 1.74. The van der Waals surface area contributed by atoms with Crippen molar-refractivity contribution < 1.29 is 0 Å². The first kappa shape index (κ1) is 13.1. The molecule has 2 N–H and O–H groups in total. The van der Waals surface area contributed by atoms with Gasteiger partial charge < -0.3 is 5.73 Å². The maximum absolute atomic E-state index is 6.29. The fourth-order valence-corrected chi connectivity index (χ4v) is 2.70. The van der Waals surface area contributed by atoms with Crippen molar-refractivity contribution in [3.8, 4) is 0 Å². The summed E-state index contributed by atoms with van der Waals surface area (Å²) in [6.07, 6.45) is 1.81. The van der Waals surface area contributed by atoms with E-state index in [9.17, 15) is 0 Å². The van der Waals surface area contributed by atoms with E-state index >= 15 is 0 Å². The van der Waals surface area contributed by atoms with E-state index in [2.05, 4.69) is 43.1 Å². The van der Waals surface area contributed by atoms with Crippen LogP contribution in [0.3, 0.4) is 0 Å². The molecule has 1 aromatic carbocycles. The highest BCUT2D eigenvalue weighted by molar-refractivity contribution is 7.99. The molecule has 0 aliphatic rings. The van der Waals surface area contributed by atoms with Gasteiger partial charge in [0.25, 0.3) is 0 Å². The number of hydrogen-bond donors (Lipinski definition) is 1. The van der Waals surface area contributed by atoms with Crippen molar-refractivity contribution in [2.24, 2.45) is 5.73 Å². The van der Waals surface area contributed by atoms with Crippen molar-refractivity contribution in [1.82, 2.24) is 4.98 Å². The normalized spacial score (nSPS) is 14.2. The number of pyridine rings is 1. The fraction of sp³-hybridized carbons (Fsp3) is 0.267. The number of benzene rings is 1. The molecular formula is C15H18N2S. The molecule has 1 aromatic heterocycles. The average Bonchev–Trinajstić information content (AvgIpc) is 2.40. The van der Waals surface area contributed by atoms with Crippen LogP contribution in [0.5, 0.6) is 0 Å². The molecule has 2 atom stereocenters. The summed E-state index contributed by atoms with van der Waals surface area (Å²) in [7, 11) is 0. The van der Waals surface area contributed by atoms with Crippen molar-refractivity contribution in [3.63, 3.8) is 0 Å². The van der Waals surface area contributed by atoms with Crippen molar-refractivity contribution in [3.05, 3.63) is 59.8 Å². The molecule has 0 saturated carbocycles. The van der Waals surface area contributed by atoms with Crippen LogP contribution in [0.4, 0.5) is 0 Å². The first-order valence-corrected chi connectivity index (χ1v) is 6.94. The third-order valence-corrected chi connectivity index (χ3v) is 4.06. The number of hydrogen-bond acceptors (Lipinski definition) is 3. The summed E-state index contributed by atoms with van der Waals surface area (Å²) in [5.41, 5.74) is 8.73. The van der Waals surface area contributed by atoms with E-state index in [0.29, 0.717) is 5.25 Å². The lowest BCUT2D eigenvalue weighted by Crippen LogP contribution is -2.21. The van der Waals surface area contributed by atoms with E-state index in [0.717, 1.165) is 5.03 Å². The Labute approximate surface area is 113 Å². The molecule has 94 valence electrons. The molecule has 2 nitrogen and oxygen atoms in total. The van der Waals surface area contributed by atoms with Crippen molar-refractivity contribution >= 4 is 11.8 Å². The van der Waals surface area contributed by atoms with Gasteiger partial charge >= 0.3 is 0 Å². The predicted octanol–water partition coefficient (Wildman–Crippen LogP) is 3.57. The van der Waals surface area contributed by atoms with Gasteiger partial charge in [0.05, 0.1) is 5.03 Å². The highest BCUT2D eigenvalue weighted by Crippen LogP contribution is 2.29. The summed E-state index contributed by atoms with van der Waals surface area (Å²) < 4.78 is 0. The highest BCUT2D eigenvalue weighted by Gasteiger charge is 2.16. The van der Waals surface area contributed by atoms with E-state index in [1.807, 2.05) is 24.4 Å². The smallest absolute Gasteiger partial charge is 0.0963 e. The molecule has 0 spiro atoms. The van der Waals surface area contributed by atoms with E-state index in [1.165, 1.54) is 11.1 Å². The monoisotopic (exact) mass is 258 g/mol. The molecule has 2 unspecified atom stereocenters. The molecule has 0 bridgehead atoms. The Kier molecular flexibility index (Phi) is 4.39. The zero-order valence-electron chi connectivity index (χ0n) is 10.7. The largest absolute Gasteiger partial charge is 0.323 e. The topological polar surface area (TPSA) is 38.9 Å². The van der Waals surface area contributed by atoms with Crippen LogP contribution in [0.2, 0.25) is 0 Å².